The summed E-state index contributed by atoms with van der Waals surface area (Å²) in [4.78, 5) is 25.3. The Bertz CT molecular complexity index is 995. The first-order valence-corrected chi connectivity index (χ1v) is 8.73. The zero-order valence-corrected chi connectivity index (χ0v) is 15.3. The van der Waals surface area contributed by atoms with Gasteiger partial charge in [-0.3, -0.25) is 9.59 Å². The van der Waals surface area contributed by atoms with Crippen LogP contribution in [0.2, 0.25) is 0 Å². The lowest BCUT2D eigenvalue weighted by Gasteiger charge is -2.11. The van der Waals surface area contributed by atoms with E-state index in [1.54, 1.807) is 42.5 Å². The summed E-state index contributed by atoms with van der Waals surface area (Å²) in [5, 5.41) is 5.41. The number of aryl methyl sites for hydroxylation is 1. The van der Waals surface area contributed by atoms with Crippen molar-refractivity contribution in [2.24, 2.45) is 0 Å². The highest BCUT2D eigenvalue weighted by molar-refractivity contribution is 6.10. The van der Waals surface area contributed by atoms with Gasteiger partial charge in [0.15, 0.2) is 0 Å². The van der Waals surface area contributed by atoms with Gasteiger partial charge in [-0.25, -0.2) is 4.39 Å². The van der Waals surface area contributed by atoms with Crippen molar-refractivity contribution >= 4 is 23.6 Å². The summed E-state index contributed by atoms with van der Waals surface area (Å²) in [5.41, 5.74) is 2.74. The van der Waals surface area contributed by atoms with Crippen LogP contribution in [-0.2, 0) is 4.79 Å². The Balaban J connectivity index is 1.86. The standard InChI is InChI=1S/C23H19FN2O2/c1-16-7-13-20(14-8-16)25-23(28)21(15-17-9-11-19(24)12-10-17)26-22(27)18-5-3-2-4-6-18/h2-15H,1H3,(H,25,28)(H,26,27)/b21-15-. The highest BCUT2D eigenvalue weighted by Gasteiger charge is 2.15. The summed E-state index contributed by atoms with van der Waals surface area (Å²) in [7, 11) is 0. The van der Waals surface area contributed by atoms with E-state index >= 15 is 0 Å². The van der Waals surface area contributed by atoms with E-state index in [0.29, 0.717) is 16.8 Å². The second-order valence-electron chi connectivity index (χ2n) is 6.25. The average Bonchev–Trinajstić information content (AvgIpc) is 2.71. The third-order valence-corrected chi connectivity index (χ3v) is 4.02. The predicted molar refractivity (Wildman–Crippen MR) is 108 cm³/mol. The monoisotopic (exact) mass is 374 g/mol. The molecule has 2 N–H and O–H groups in total. The van der Waals surface area contributed by atoms with Crippen LogP contribution < -0.4 is 10.6 Å². The van der Waals surface area contributed by atoms with Crippen LogP contribution in [0.3, 0.4) is 0 Å². The van der Waals surface area contributed by atoms with Gasteiger partial charge in [0, 0.05) is 11.3 Å². The van der Waals surface area contributed by atoms with Gasteiger partial charge in [0.05, 0.1) is 0 Å². The van der Waals surface area contributed by atoms with E-state index in [1.165, 1.54) is 30.3 Å². The Morgan fingerprint density at radius 1 is 0.857 bits per heavy atom. The number of carbonyl (C=O) groups excluding carboxylic acids is 2. The first-order chi connectivity index (χ1) is 13.5. The molecule has 3 rings (SSSR count). The van der Waals surface area contributed by atoms with Crippen LogP contribution in [-0.4, -0.2) is 11.8 Å². The van der Waals surface area contributed by atoms with Crippen molar-refractivity contribution in [3.05, 3.63) is 107 Å². The van der Waals surface area contributed by atoms with Crippen LogP contribution in [0.1, 0.15) is 21.5 Å². The fourth-order valence-corrected chi connectivity index (χ4v) is 2.50. The highest BCUT2D eigenvalue weighted by Crippen LogP contribution is 2.13. The maximum Gasteiger partial charge on any atom is 0.272 e. The number of halogens is 1. The SMILES string of the molecule is Cc1ccc(NC(=O)/C(=C/c2ccc(F)cc2)NC(=O)c2ccccc2)cc1. The Morgan fingerprint density at radius 3 is 2.14 bits per heavy atom. The molecule has 0 saturated heterocycles. The van der Waals surface area contributed by atoms with Crippen LogP contribution >= 0.6 is 0 Å². The van der Waals surface area contributed by atoms with E-state index in [4.69, 9.17) is 0 Å². The van der Waals surface area contributed by atoms with Crippen LogP contribution in [0.5, 0.6) is 0 Å². The second-order valence-corrected chi connectivity index (χ2v) is 6.25. The molecule has 0 aliphatic carbocycles. The minimum absolute atomic E-state index is 0.0565. The van der Waals surface area contributed by atoms with E-state index in [2.05, 4.69) is 10.6 Å². The molecule has 0 unspecified atom stereocenters. The number of benzene rings is 3. The van der Waals surface area contributed by atoms with Gasteiger partial charge < -0.3 is 10.6 Å². The van der Waals surface area contributed by atoms with Gasteiger partial charge in [0.25, 0.3) is 11.8 Å². The van der Waals surface area contributed by atoms with Gasteiger partial charge in [-0.05, 0) is 55.0 Å². The molecule has 0 aromatic heterocycles. The molecule has 0 radical (unpaired) electrons. The summed E-state index contributed by atoms with van der Waals surface area (Å²) >= 11 is 0. The molecule has 0 fully saturated rings. The fourth-order valence-electron chi connectivity index (χ4n) is 2.50. The Kier molecular flexibility index (Phi) is 5.97. The molecular formula is C23H19FN2O2. The smallest absolute Gasteiger partial charge is 0.272 e. The maximum absolute atomic E-state index is 13.2. The molecule has 28 heavy (non-hydrogen) atoms. The summed E-state index contributed by atoms with van der Waals surface area (Å²) < 4.78 is 13.2. The molecule has 0 aliphatic rings. The van der Waals surface area contributed by atoms with Crippen molar-refractivity contribution in [2.75, 3.05) is 5.32 Å². The third kappa shape index (κ3) is 5.14. The second kappa shape index (κ2) is 8.77. The largest absolute Gasteiger partial charge is 0.321 e. The van der Waals surface area contributed by atoms with Gasteiger partial charge in [-0.1, -0.05) is 48.0 Å². The van der Waals surface area contributed by atoms with Gasteiger partial charge in [0.2, 0.25) is 0 Å². The van der Waals surface area contributed by atoms with E-state index in [1.807, 2.05) is 19.1 Å². The van der Waals surface area contributed by atoms with Crippen LogP contribution in [0.25, 0.3) is 6.08 Å². The quantitative estimate of drug-likeness (QED) is 0.644. The molecular weight excluding hydrogens is 355 g/mol. The van der Waals surface area contributed by atoms with E-state index in [9.17, 15) is 14.0 Å². The van der Waals surface area contributed by atoms with Crippen molar-refractivity contribution in [3.63, 3.8) is 0 Å². The van der Waals surface area contributed by atoms with Crippen molar-refractivity contribution < 1.29 is 14.0 Å². The molecule has 3 aromatic carbocycles. The first kappa shape index (κ1) is 19.0. The molecule has 0 aliphatic heterocycles. The Hall–Kier alpha value is -3.73. The lowest BCUT2D eigenvalue weighted by molar-refractivity contribution is -0.113. The first-order valence-electron chi connectivity index (χ1n) is 8.73. The van der Waals surface area contributed by atoms with Crippen LogP contribution in [0.15, 0.2) is 84.6 Å². The number of carbonyl (C=O) groups is 2. The van der Waals surface area contributed by atoms with Gasteiger partial charge >= 0.3 is 0 Å². The van der Waals surface area contributed by atoms with Crippen LogP contribution in [0, 0.1) is 12.7 Å². The van der Waals surface area contributed by atoms with E-state index in [-0.39, 0.29) is 11.5 Å². The van der Waals surface area contributed by atoms with Crippen molar-refractivity contribution in [2.45, 2.75) is 6.92 Å². The van der Waals surface area contributed by atoms with Crippen molar-refractivity contribution in [3.8, 4) is 0 Å². The maximum atomic E-state index is 13.2. The number of amides is 2. The van der Waals surface area contributed by atoms with Gasteiger partial charge in [-0.15, -0.1) is 0 Å². The molecule has 3 aromatic rings. The third-order valence-electron chi connectivity index (χ3n) is 4.02. The number of hydrogen-bond donors (Lipinski definition) is 2. The average molecular weight is 374 g/mol. The number of nitrogens with one attached hydrogen (secondary N) is 2. The zero-order chi connectivity index (χ0) is 19.9. The van der Waals surface area contributed by atoms with Gasteiger partial charge in [-0.2, -0.15) is 0 Å². The normalized spacial score (nSPS) is 11.0. The summed E-state index contributed by atoms with van der Waals surface area (Å²) in [5.74, 6) is -1.26. The lowest BCUT2D eigenvalue weighted by atomic mass is 10.1. The molecule has 0 saturated carbocycles. The van der Waals surface area contributed by atoms with Gasteiger partial charge in [0.1, 0.15) is 11.5 Å². The minimum atomic E-state index is -0.475. The number of rotatable bonds is 5. The number of hydrogen-bond acceptors (Lipinski definition) is 2. The predicted octanol–water partition coefficient (Wildman–Crippen LogP) is 4.54. The van der Waals surface area contributed by atoms with Crippen molar-refractivity contribution in [1.82, 2.24) is 5.32 Å². The van der Waals surface area contributed by atoms with E-state index in [0.717, 1.165) is 5.56 Å². The zero-order valence-electron chi connectivity index (χ0n) is 15.3. The lowest BCUT2D eigenvalue weighted by Crippen LogP contribution is -2.30. The summed E-state index contributed by atoms with van der Waals surface area (Å²) in [6.45, 7) is 1.95. The molecule has 4 nitrogen and oxygen atoms in total. The van der Waals surface area contributed by atoms with Crippen molar-refractivity contribution in [1.29, 1.82) is 0 Å². The Labute approximate surface area is 162 Å². The number of anilines is 1. The van der Waals surface area contributed by atoms with Crippen LogP contribution in [0.4, 0.5) is 10.1 Å². The molecule has 0 atom stereocenters. The molecule has 0 heterocycles. The molecule has 0 spiro atoms. The van der Waals surface area contributed by atoms with E-state index < -0.39 is 11.8 Å². The highest BCUT2D eigenvalue weighted by atomic mass is 19.1. The topological polar surface area (TPSA) is 58.2 Å². The summed E-state index contributed by atoms with van der Waals surface area (Å²) in [6, 6.07) is 21.6. The molecule has 5 heteroatoms. The molecule has 2 amide bonds. The Morgan fingerprint density at radius 2 is 1.50 bits per heavy atom. The summed E-state index contributed by atoms with van der Waals surface area (Å²) in [6.07, 6.45) is 1.50. The molecule has 140 valence electrons. The fraction of sp³-hybridized carbons (Fsp3) is 0.0435. The minimum Gasteiger partial charge on any atom is -0.321 e. The molecule has 0 bridgehead atoms.